The van der Waals surface area contributed by atoms with Crippen LogP contribution in [0.5, 0.6) is 0 Å². The van der Waals surface area contributed by atoms with Gasteiger partial charge in [0.1, 0.15) is 10.6 Å². The number of alkyl halides is 3. The van der Waals surface area contributed by atoms with E-state index in [0.29, 0.717) is 9.92 Å². The highest BCUT2D eigenvalue weighted by Crippen LogP contribution is 2.40. The molecule has 0 atom stereocenters. The van der Waals surface area contributed by atoms with Crippen LogP contribution in [0.4, 0.5) is 13.2 Å². The highest BCUT2D eigenvalue weighted by molar-refractivity contribution is 7.99. The molecule has 0 saturated carbocycles. The summed E-state index contributed by atoms with van der Waals surface area (Å²) in [5, 5.41) is 6.21. The highest BCUT2D eigenvalue weighted by atomic mass is 35.5. The Hall–Kier alpha value is -2.63. The Kier molecular flexibility index (Phi) is 6.58. The summed E-state index contributed by atoms with van der Waals surface area (Å²) in [5.74, 6) is -1.73. The predicted octanol–water partition coefficient (Wildman–Crippen LogP) is 4.06. The molecule has 12 heteroatoms. The highest BCUT2D eigenvalue weighted by Gasteiger charge is 2.40. The summed E-state index contributed by atoms with van der Waals surface area (Å²) >= 11 is 11.9. The lowest BCUT2D eigenvalue weighted by atomic mass is 10.1. The molecule has 1 aromatic carbocycles. The number of halogens is 4. The van der Waals surface area contributed by atoms with E-state index in [4.69, 9.17) is 23.8 Å². The minimum atomic E-state index is -4.82. The molecule has 1 fully saturated rings. The van der Waals surface area contributed by atoms with Crippen LogP contribution in [0, 0.1) is 0 Å². The first-order valence-electron chi connectivity index (χ1n) is 8.60. The SMILES string of the molecule is C=CCN1C(=O)/C(=C/c2c(C(F)(F)F)nn(C)c2Sc2cccc(Cl)c2)C(=O)NC1=S. The van der Waals surface area contributed by atoms with E-state index in [0.717, 1.165) is 27.4 Å². The zero-order valence-electron chi connectivity index (χ0n) is 15.9. The van der Waals surface area contributed by atoms with E-state index >= 15 is 0 Å². The fourth-order valence-corrected chi connectivity index (χ4v) is 4.26. The number of amides is 2. The number of hydrogen-bond donors (Lipinski definition) is 1. The summed E-state index contributed by atoms with van der Waals surface area (Å²) in [6.45, 7) is 3.49. The molecule has 2 heterocycles. The lowest BCUT2D eigenvalue weighted by Gasteiger charge is -2.27. The third-order valence-electron chi connectivity index (χ3n) is 4.09. The summed E-state index contributed by atoms with van der Waals surface area (Å²) in [4.78, 5) is 26.7. The van der Waals surface area contributed by atoms with E-state index in [1.54, 1.807) is 24.3 Å². The van der Waals surface area contributed by atoms with Crippen LogP contribution in [0.15, 0.2) is 52.4 Å². The van der Waals surface area contributed by atoms with Crippen molar-refractivity contribution < 1.29 is 22.8 Å². The van der Waals surface area contributed by atoms with E-state index < -0.39 is 34.8 Å². The molecular formula is C19H14ClF3N4O2S2. The molecular weight excluding hydrogens is 473 g/mol. The fraction of sp³-hybridized carbons (Fsp3) is 0.158. The molecule has 0 aliphatic carbocycles. The van der Waals surface area contributed by atoms with Crippen molar-refractivity contribution in [1.82, 2.24) is 20.0 Å². The number of rotatable bonds is 5. The number of thiocarbonyl (C=S) groups is 1. The number of nitrogens with zero attached hydrogens (tertiary/aromatic N) is 3. The number of carbonyl (C=O) groups is 2. The normalized spacial score (nSPS) is 16.1. The summed E-state index contributed by atoms with van der Waals surface area (Å²) in [6, 6.07) is 6.51. The molecule has 1 aliphatic rings. The van der Waals surface area contributed by atoms with E-state index in [1.807, 2.05) is 0 Å². The van der Waals surface area contributed by atoms with Crippen LogP contribution in [0.2, 0.25) is 5.02 Å². The molecule has 2 amide bonds. The van der Waals surface area contributed by atoms with Gasteiger partial charge in [0, 0.05) is 29.1 Å². The zero-order chi connectivity index (χ0) is 22.9. The Bertz CT molecular complexity index is 1130. The minimum absolute atomic E-state index is 0.0153. The smallest absolute Gasteiger partial charge is 0.298 e. The van der Waals surface area contributed by atoms with Crippen molar-refractivity contribution in [3.63, 3.8) is 0 Å². The molecule has 0 bridgehead atoms. The van der Waals surface area contributed by atoms with Crippen molar-refractivity contribution in [3.8, 4) is 0 Å². The number of aryl methyl sites for hydroxylation is 1. The maximum atomic E-state index is 13.7. The van der Waals surface area contributed by atoms with Crippen molar-refractivity contribution in [3.05, 3.63) is 58.8 Å². The summed E-state index contributed by atoms with van der Waals surface area (Å²) < 4.78 is 42.1. The molecule has 162 valence electrons. The molecule has 6 nitrogen and oxygen atoms in total. The van der Waals surface area contributed by atoms with Crippen molar-refractivity contribution >= 4 is 58.6 Å². The van der Waals surface area contributed by atoms with Gasteiger partial charge in [0.2, 0.25) is 0 Å². The number of aromatic nitrogens is 2. The Morgan fingerprint density at radius 1 is 1.35 bits per heavy atom. The minimum Gasteiger partial charge on any atom is -0.298 e. The summed E-state index contributed by atoms with van der Waals surface area (Å²) in [7, 11) is 1.34. The lowest BCUT2D eigenvalue weighted by Crippen LogP contribution is -2.53. The molecule has 1 aliphatic heterocycles. The van der Waals surface area contributed by atoms with Gasteiger partial charge < -0.3 is 0 Å². The molecule has 0 spiro atoms. The fourth-order valence-electron chi connectivity index (χ4n) is 2.76. The zero-order valence-corrected chi connectivity index (χ0v) is 18.3. The summed E-state index contributed by atoms with van der Waals surface area (Å²) in [5.41, 5.74) is -2.14. The van der Waals surface area contributed by atoms with Gasteiger partial charge in [-0.25, -0.2) is 0 Å². The Morgan fingerprint density at radius 2 is 2.06 bits per heavy atom. The van der Waals surface area contributed by atoms with Crippen LogP contribution in [-0.4, -0.2) is 38.2 Å². The maximum Gasteiger partial charge on any atom is 0.435 e. The lowest BCUT2D eigenvalue weighted by molar-refractivity contribution is -0.141. The first-order valence-corrected chi connectivity index (χ1v) is 10.2. The molecule has 1 aromatic heterocycles. The van der Waals surface area contributed by atoms with Crippen LogP contribution in [0.25, 0.3) is 6.08 Å². The number of hydrogen-bond acceptors (Lipinski definition) is 5. The molecule has 2 aromatic rings. The molecule has 0 radical (unpaired) electrons. The Labute approximate surface area is 189 Å². The number of carbonyl (C=O) groups excluding carboxylic acids is 2. The van der Waals surface area contributed by atoms with Gasteiger partial charge in [-0.1, -0.05) is 35.5 Å². The van der Waals surface area contributed by atoms with Gasteiger partial charge in [-0.15, -0.1) is 6.58 Å². The summed E-state index contributed by atoms with van der Waals surface area (Å²) in [6.07, 6.45) is -2.55. The second-order valence-electron chi connectivity index (χ2n) is 6.27. The first-order chi connectivity index (χ1) is 14.5. The molecule has 1 saturated heterocycles. The van der Waals surface area contributed by atoms with Gasteiger partial charge >= 0.3 is 6.18 Å². The second-order valence-corrected chi connectivity index (χ2v) is 8.16. The molecule has 31 heavy (non-hydrogen) atoms. The molecule has 0 unspecified atom stereocenters. The van der Waals surface area contributed by atoms with Gasteiger partial charge in [0.25, 0.3) is 11.8 Å². The van der Waals surface area contributed by atoms with Crippen LogP contribution >= 0.6 is 35.6 Å². The number of nitrogens with one attached hydrogen (secondary N) is 1. The quantitative estimate of drug-likeness (QED) is 0.299. The second kappa shape index (κ2) is 8.85. The van der Waals surface area contributed by atoms with E-state index in [1.165, 1.54) is 13.1 Å². The van der Waals surface area contributed by atoms with E-state index in [9.17, 15) is 22.8 Å². The maximum absolute atomic E-state index is 13.7. The van der Waals surface area contributed by atoms with Gasteiger partial charge in [-0.05, 0) is 36.5 Å². The topological polar surface area (TPSA) is 67.2 Å². The van der Waals surface area contributed by atoms with E-state index in [2.05, 4.69) is 17.0 Å². The van der Waals surface area contributed by atoms with E-state index in [-0.39, 0.29) is 16.7 Å². The van der Waals surface area contributed by atoms with Crippen LogP contribution in [0.1, 0.15) is 11.3 Å². The molecule has 1 N–H and O–H groups in total. The van der Waals surface area contributed by atoms with Crippen molar-refractivity contribution in [2.24, 2.45) is 7.05 Å². The Morgan fingerprint density at radius 3 is 2.68 bits per heavy atom. The van der Waals surface area contributed by atoms with Gasteiger partial charge in [0.15, 0.2) is 10.8 Å². The van der Waals surface area contributed by atoms with Gasteiger partial charge in [0.05, 0.1) is 0 Å². The van der Waals surface area contributed by atoms with Gasteiger partial charge in [-0.2, -0.15) is 18.3 Å². The Balaban J connectivity index is 2.16. The average molecular weight is 487 g/mol. The van der Waals surface area contributed by atoms with Crippen LogP contribution < -0.4 is 5.32 Å². The van der Waals surface area contributed by atoms with Gasteiger partial charge in [-0.3, -0.25) is 24.5 Å². The van der Waals surface area contributed by atoms with Crippen molar-refractivity contribution in [1.29, 1.82) is 0 Å². The van der Waals surface area contributed by atoms with Crippen LogP contribution in [0.3, 0.4) is 0 Å². The largest absolute Gasteiger partial charge is 0.435 e. The monoisotopic (exact) mass is 486 g/mol. The number of benzene rings is 1. The third kappa shape index (κ3) is 4.83. The molecule has 3 rings (SSSR count). The standard InChI is InChI=1S/C19H14ClF3N4O2S2/c1-3-7-27-16(29)13(15(28)24-18(27)30)9-12-14(19(21,22)23)25-26(2)17(12)31-11-6-4-5-10(20)8-11/h3-6,8-9H,1,7H2,2H3,(H,24,28,30)/b13-9+. The third-order valence-corrected chi connectivity index (χ3v) is 5.82. The van der Waals surface area contributed by atoms with Crippen LogP contribution in [-0.2, 0) is 22.8 Å². The average Bonchev–Trinajstić information content (AvgIpc) is 2.98. The predicted molar refractivity (Wildman–Crippen MR) is 114 cm³/mol. The van der Waals surface area contributed by atoms with Crippen molar-refractivity contribution in [2.45, 2.75) is 16.1 Å². The van der Waals surface area contributed by atoms with Crippen molar-refractivity contribution in [2.75, 3.05) is 6.54 Å². The first kappa shape index (κ1) is 23.0.